The third-order valence-corrected chi connectivity index (χ3v) is 6.42. The van der Waals surface area contributed by atoms with E-state index in [0.29, 0.717) is 5.82 Å². The second-order valence-electron chi connectivity index (χ2n) is 7.12. The summed E-state index contributed by atoms with van der Waals surface area (Å²) in [4.78, 5) is 8.97. The molecule has 0 fully saturated rings. The number of nitrogens with zero attached hydrogens (tertiary/aromatic N) is 6. The summed E-state index contributed by atoms with van der Waals surface area (Å²) in [6, 6.07) is 15.9. The van der Waals surface area contributed by atoms with Crippen LogP contribution in [-0.2, 0) is 9.84 Å². The Morgan fingerprint density at radius 3 is 2.34 bits per heavy atom. The number of benzene rings is 2. The number of fused-ring (bicyclic) bond motifs is 3. The molecule has 2 aromatic heterocycles. The Balaban J connectivity index is 1.94. The highest BCUT2D eigenvalue weighted by Crippen LogP contribution is 2.29. The van der Waals surface area contributed by atoms with Gasteiger partial charge in [-0.2, -0.15) is 4.52 Å². The minimum absolute atomic E-state index is 0.142. The van der Waals surface area contributed by atoms with Crippen molar-refractivity contribution in [1.82, 2.24) is 24.7 Å². The Morgan fingerprint density at radius 2 is 1.62 bits per heavy atom. The minimum Gasteiger partial charge on any atom is -0.358 e. The monoisotopic (exact) mass is 410 g/mol. The molecule has 8 nitrogen and oxygen atoms in total. The standard InChI is InChI=1S/C20H22N6O2S/c1-24(2)13-14-25(3)18-16-11-7-8-12-17(16)26-19(21-18)20(22-23-26)29(27,28)15-9-5-4-6-10-15/h4-12H,13-14H2,1-3H3. The molecule has 0 aliphatic carbocycles. The summed E-state index contributed by atoms with van der Waals surface area (Å²) < 4.78 is 27.8. The first kappa shape index (κ1) is 19.3. The Morgan fingerprint density at radius 1 is 0.931 bits per heavy atom. The Labute approximate surface area is 169 Å². The third kappa shape index (κ3) is 3.43. The van der Waals surface area contributed by atoms with Crippen molar-refractivity contribution in [3.63, 3.8) is 0 Å². The molecular weight excluding hydrogens is 388 g/mol. The van der Waals surface area contributed by atoms with Gasteiger partial charge in [0.1, 0.15) is 5.82 Å². The van der Waals surface area contributed by atoms with Gasteiger partial charge in [-0.1, -0.05) is 35.5 Å². The van der Waals surface area contributed by atoms with Gasteiger partial charge in [0, 0.05) is 25.5 Å². The maximum atomic E-state index is 13.2. The number of hydrogen-bond donors (Lipinski definition) is 0. The van der Waals surface area contributed by atoms with E-state index in [-0.39, 0.29) is 15.6 Å². The first-order chi connectivity index (χ1) is 13.9. The first-order valence-electron chi connectivity index (χ1n) is 9.20. The lowest BCUT2D eigenvalue weighted by Gasteiger charge is -2.22. The van der Waals surface area contributed by atoms with E-state index >= 15 is 0 Å². The maximum Gasteiger partial charge on any atom is 0.229 e. The Bertz CT molecular complexity index is 1270. The minimum atomic E-state index is -3.84. The molecule has 0 saturated carbocycles. The summed E-state index contributed by atoms with van der Waals surface area (Å²) in [5.41, 5.74) is 0.977. The van der Waals surface area contributed by atoms with Crippen molar-refractivity contribution in [1.29, 1.82) is 0 Å². The molecule has 0 aliphatic heterocycles. The van der Waals surface area contributed by atoms with Crippen LogP contribution in [0.5, 0.6) is 0 Å². The molecule has 0 bridgehead atoms. The predicted molar refractivity (Wildman–Crippen MR) is 112 cm³/mol. The van der Waals surface area contributed by atoms with Crippen molar-refractivity contribution in [3.8, 4) is 0 Å². The zero-order valence-electron chi connectivity index (χ0n) is 16.5. The van der Waals surface area contributed by atoms with Crippen LogP contribution in [0.25, 0.3) is 16.6 Å². The lowest BCUT2D eigenvalue weighted by molar-refractivity contribution is 0.416. The Hall–Kier alpha value is -3.04. The number of anilines is 1. The lowest BCUT2D eigenvalue weighted by atomic mass is 10.2. The van der Waals surface area contributed by atoms with E-state index in [2.05, 4.69) is 15.2 Å². The van der Waals surface area contributed by atoms with E-state index in [0.717, 1.165) is 24.0 Å². The molecule has 4 rings (SSSR count). The zero-order chi connectivity index (χ0) is 20.6. The molecule has 0 amide bonds. The number of para-hydroxylation sites is 1. The van der Waals surface area contributed by atoms with Crippen LogP contribution in [0, 0.1) is 0 Å². The fraction of sp³-hybridized carbons (Fsp3) is 0.250. The molecule has 150 valence electrons. The van der Waals surface area contributed by atoms with Gasteiger partial charge in [-0.3, -0.25) is 0 Å². The molecule has 0 spiro atoms. The fourth-order valence-corrected chi connectivity index (χ4v) is 4.42. The van der Waals surface area contributed by atoms with Crippen molar-refractivity contribution in [2.24, 2.45) is 0 Å². The summed E-state index contributed by atoms with van der Waals surface area (Å²) in [6.45, 7) is 1.58. The zero-order valence-corrected chi connectivity index (χ0v) is 17.3. The molecule has 0 atom stereocenters. The van der Waals surface area contributed by atoms with Gasteiger partial charge < -0.3 is 9.80 Å². The average Bonchev–Trinajstić information content (AvgIpc) is 3.17. The normalized spacial score (nSPS) is 12.1. The van der Waals surface area contributed by atoms with Gasteiger partial charge in [0.05, 0.1) is 10.4 Å². The van der Waals surface area contributed by atoms with Crippen LogP contribution in [0.4, 0.5) is 5.82 Å². The highest BCUT2D eigenvalue weighted by Gasteiger charge is 2.27. The molecule has 0 unspecified atom stereocenters. The second-order valence-corrected chi connectivity index (χ2v) is 8.99. The summed E-state index contributed by atoms with van der Waals surface area (Å²) in [6.07, 6.45) is 0. The quantitative estimate of drug-likeness (QED) is 0.481. The van der Waals surface area contributed by atoms with Crippen molar-refractivity contribution in [3.05, 3.63) is 54.6 Å². The van der Waals surface area contributed by atoms with Gasteiger partial charge in [-0.25, -0.2) is 13.4 Å². The SMILES string of the molecule is CN(C)CCN(C)c1nc2c(S(=O)(=O)c3ccccc3)nnn2c2ccccc12. The molecule has 4 aromatic rings. The van der Waals surface area contributed by atoms with Gasteiger partial charge in [0.15, 0.2) is 5.65 Å². The van der Waals surface area contributed by atoms with Gasteiger partial charge in [-0.05, 0) is 38.4 Å². The fourth-order valence-electron chi connectivity index (χ4n) is 3.16. The van der Waals surface area contributed by atoms with Gasteiger partial charge in [0.25, 0.3) is 0 Å². The largest absolute Gasteiger partial charge is 0.358 e. The van der Waals surface area contributed by atoms with Crippen LogP contribution < -0.4 is 4.90 Å². The van der Waals surface area contributed by atoms with Crippen LogP contribution in [0.2, 0.25) is 0 Å². The van der Waals surface area contributed by atoms with Gasteiger partial charge >= 0.3 is 0 Å². The molecule has 29 heavy (non-hydrogen) atoms. The maximum absolute atomic E-state index is 13.2. The topological polar surface area (TPSA) is 83.7 Å². The lowest BCUT2D eigenvalue weighted by Crippen LogP contribution is -2.29. The molecule has 9 heteroatoms. The summed E-state index contributed by atoms with van der Waals surface area (Å²) in [5.74, 6) is 0.696. The molecule has 0 N–H and O–H groups in total. The molecular formula is C20H22N6O2S. The van der Waals surface area contributed by atoms with E-state index in [1.165, 1.54) is 4.52 Å². The molecule has 2 heterocycles. The number of aromatic nitrogens is 4. The summed E-state index contributed by atoms with van der Waals surface area (Å²) >= 11 is 0. The highest BCUT2D eigenvalue weighted by atomic mass is 32.2. The third-order valence-electron chi connectivity index (χ3n) is 4.75. The number of likely N-dealkylation sites (N-methyl/N-ethyl adjacent to an activating group) is 2. The van der Waals surface area contributed by atoms with E-state index in [9.17, 15) is 8.42 Å². The van der Waals surface area contributed by atoms with Crippen molar-refractivity contribution in [2.45, 2.75) is 9.92 Å². The Kier molecular flexibility index (Phi) is 4.93. The molecule has 0 aliphatic rings. The molecule has 0 radical (unpaired) electrons. The van der Waals surface area contributed by atoms with Crippen LogP contribution in [0.1, 0.15) is 0 Å². The predicted octanol–water partition coefficient (Wildman–Crippen LogP) is 2.11. The van der Waals surface area contributed by atoms with Gasteiger partial charge in [-0.15, -0.1) is 5.10 Å². The van der Waals surface area contributed by atoms with E-state index in [4.69, 9.17) is 4.98 Å². The van der Waals surface area contributed by atoms with Crippen LogP contribution in [0.15, 0.2) is 64.5 Å². The smallest absolute Gasteiger partial charge is 0.229 e. The van der Waals surface area contributed by atoms with Crippen LogP contribution in [-0.4, -0.2) is 67.4 Å². The van der Waals surface area contributed by atoms with Crippen LogP contribution >= 0.6 is 0 Å². The number of hydrogen-bond acceptors (Lipinski definition) is 7. The first-order valence-corrected chi connectivity index (χ1v) is 10.7. The van der Waals surface area contributed by atoms with Crippen molar-refractivity contribution >= 4 is 32.2 Å². The second kappa shape index (κ2) is 7.41. The number of rotatable bonds is 6. The highest BCUT2D eigenvalue weighted by molar-refractivity contribution is 7.91. The van der Waals surface area contributed by atoms with E-state index < -0.39 is 9.84 Å². The summed E-state index contributed by atoms with van der Waals surface area (Å²) in [5, 5.41) is 8.86. The molecule has 0 saturated heterocycles. The van der Waals surface area contributed by atoms with Crippen molar-refractivity contribution in [2.75, 3.05) is 39.1 Å². The van der Waals surface area contributed by atoms with E-state index in [1.54, 1.807) is 30.3 Å². The van der Waals surface area contributed by atoms with E-state index in [1.807, 2.05) is 50.3 Å². The van der Waals surface area contributed by atoms with Crippen LogP contribution in [0.3, 0.4) is 0 Å². The van der Waals surface area contributed by atoms with Gasteiger partial charge in [0.2, 0.25) is 14.9 Å². The average molecular weight is 411 g/mol. The van der Waals surface area contributed by atoms with Crippen molar-refractivity contribution < 1.29 is 8.42 Å². The number of sulfone groups is 1. The summed E-state index contributed by atoms with van der Waals surface area (Å²) in [7, 11) is 2.12. The molecule has 2 aromatic carbocycles.